The third-order valence-corrected chi connectivity index (χ3v) is 5.82. The van der Waals surface area contributed by atoms with E-state index in [0.29, 0.717) is 6.04 Å². The summed E-state index contributed by atoms with van der Waals surface area (Å²) in [4.78, 5) is 6.37. The Kier molecular flexibility index (Phi) is 7.28. The van der Waals surface area contributed by atoms with Crippen LogP contribution in [0.3, 0.4) is 0 Å². The van der Waals surface area contributed by atoms with Crippen molar-refractivity contribution in [3.8, 4) is 11.8 Å². The van der Waals surface area contributed by atoms with Crippen LogP contribution in [0.1, 0.15) is 36.3 Å². The number of piperazine rings is 1. The van der Waals surface area contributed by atoms with Crippen LogP contribution < -0.4 is 0 Å². The number of rotatable bonds is 6. The van der Waals surface area contributed by atoms with Gasteiger partial charge in [0.05, 0.1) is 0 Å². The van der Waals surface area contributed by atoms with Crippen LogP contribution in [-0.2, 0) is 13.1 Å². The smallest absolute Gasteiger partial charge is 0.120 e. The van der Waals surface area contributed by atoms with Gasteiger partial charge in [0, 0.05) is 55.8 Å². The maximum atomic E-state index is 9.72. The highest BCUT2D eigenvalue weighted by molar-refractivity contribution is 7.09. The molecule has 1 aliphatic heterocycles. The number of aliphatic hydroxyl groups is 2. The van der Waals surface area contributed by atoms with E-state index in [4.69, 9.17) is 0 Å². The van der Waals surface area contributed by atoms with Gasteiger partial charge in [-0.2, -0.15) is 0 Å². The molecule has 1 aromatic heterocycles. The summed E-state index contributed by atoms with van der Waals surface area (Å²) in [7, 11) is 0. The molecule has 0 amide bonds. The average Bonchev–Trinajstić information content (AvgIpc) is 3.16. The first-order valence-electron chi connectivity index (χ1n) is 9.87. The molecule has 1 atom stereocenters. The van der Waals surface area contributed by atoms with Gasteiger partial charge >= 0.3 is 0 Å². The molecule has 1 saturated heterocycles. The molecule has 2 heterocycles. The van der Waals surface area contributed by atoms with Gasteiger partial charge in [-0.1, -0.05) is 30.0 Å². The molecule has 0 aliphatic carbocycles. The Morgan fingerprint density at radius 1 is 1.14 bits per heavy atom. The fraction of sp³-hybridized carbons (Fsp3) is 0.478. The zero-order valence-corrected chi connectivity index (χ0v) is 17.6. The van der Waals surface area contributed by atoms with E-state index in [9.17, 15) is 10.2 Å². The highest BCUT2D eigenvalue weighted by atomic mass is 32.1. The summed E-state index contributed by atoms with van der Waals surface area (Å²) >= 11 is 1.80. The van der Waals surface area contributed by atoms with E-state index >= 15 is 0 Å². The molecule has 0 unspecified atom stereocenters. The molecule has 4 nitrogen and oxygen atoms in total. The van der Waals surface area contributed by atoms with Crippen molar-refractivity contribution >= 4 is 11.3 Å². The Morgan fingerprint density at radius 3 is 2.57 bits per heavy atom. The molecule has 1 fully saturated rings. The molecule has 0 radical (unpaired) electrons. The van der Waals surface area contributed by atoms with Gasteiger partial charge in [0.15, 0.2) is 0 Å². The molecule has 5 heteroatoms. The van der Waals surface area contributed by atoms with E-state index < -0.39 is 5.60 Å². The average molecular weight is 399 g/mol. The first-order chi connectivity index (χ1) is 13.4. The highest BCUT2D eigenvalue weighted by Gasteiger charge is 2.26. The van der Waals surface area contributed by atoms with E-state index in [2.05, 4.69) is 51.3 Å². The topological polar surface area (TPSA) is 46.9 Å². The van der Waals surface area contributed by atoms with Crippen LogP contribution in [-0.4, -0.2) is 57.9 Å². The Hall–Kier alpha value is -1.68. The molecule has 3 rings (SSSR count). The van der Waals surface area contributed by atoms with Gasteiger partial charge < -0.3 is 10.2 Å². The molecule has 0 saturated carbocycles. The summed E-state index contributed by atoms with van der Waals surface area (Å²) in [5, 5.41) is 21.3. The summed E-state index contributed by atoms with van der Waals surface area (Å²) in [6.07, 6.45) is 0.813. The minimum atomic E-state index is -0.969. The lowest BCUT2D eigenvalue weighted by atomic mass is 10.1. The summed E-state index contributed by atoms with van der Waals surface area (Å²) in [5.41, 5.74) is 1.22. The van der Waals surface area contributed by atoms with Crippen molar-refractivity contribution in [3.63, 3.8) is 0 Å². The third-order valence-electron chi connectivity index (χ3n) is 4.96. The quantitative estimate of drug-likeness (QED) is 0.735. The standard InChI is InChI=1S/C23H30N2O2S/c1-23(2,27)11-9-19-5-7-20(8-6-19)16-24-12-13-25(21(17-24)10-14-26)18-22-4-3-15-28-22/h3-8,15,21,26-27H,10,12-14,16-18H2,1-2H3/t21-/m1/s1. The van der Waals surface area contributed by atoms with Crippen molar-refractivity contribution in [3.05, 3.63) is 57.8 Å². The molecule has 1 aliphatic rings. The van der Waals surface area contributed by atoms with E-state index in [-0.39, 0.29) is 6.61 Å². The van der Waals surface area contributed by atoms with Crippen LogP contribution in [0.15, 0.2) is 41.8 Å². The fourth-order valence-electron chi connectivity index (χ4n) is 3.51. The lowest BCUT2D eigenvalue weighted by molar-refractivity contribution is 0.0506. The number of aliphatic hydroxyl groups excluding tert-OH is 1. The van der Waals surface area contributed by atoms with Gasteiger partial charge in [0.2, 0.25) is 0 Å². The largest absolute Gasteiger partial charge is 0.396 e. The van der Waals surface area contributed by atoms with Crippen molar-refractivity contribution in [2.45, 2.75) is 45.0 Å². The Balaban J connectivity index is 1.58. The minimum absolute atomic E-state index is 0.230. The summed E-state index contributed by atoms with van der Waals surface area (Å²) < 4.78 is 0. The molecule has 28 heavy (non-hydrogen) atoms. The number of thiophene rings is 1. The highest BCUT2D eigenvalue weighted by Crippen LogP contribution is 2.20. The first-order valence-corrected chi connectivity index (χ1v) is 10.7. The van der Waals surface area contributed by atoms with Crippen molar-refractivity contribution in [1.82, 2.24) is 9.80 Å². The second-order valence-electron chi connectivity index (χ2n) is 7.96. The van der Waals surface area contributed by atoms with Crippen LogP contribution >= 0.6 is 11.3 Å². The predicted molar refractivity (Wildman–Crippen MR) is 115 cm³/mol. The fourth-order valence-corrected chi connectivity index (χ4v) is 4.24. The van der Waals surface area contributed by atoms with Crippen LogP contribution in [0.4, 0.5) is 0 Å². The Labute approximate surface area is 172 Å². The van der Waals surface area contributed by atoms with Gasteiger partial charge in [-0.15, -0.1) is 11.3 Å². The normalized spacial score (nSPS) is 18.6. The molecule has 0 bridgehead atoms. The van der Waals surface area contributed by atoms with Crippen molar-refractivity contribution in [2.24, 2.45) is 0 Å². The van der Waals surface area contributed by atoms with Gasteiger partial charge in [-0.05, 0) is 49.4 Å². The van der Waals surface area contributed by atoms with Crippen molar-refractivity contribution in [2.75, 3.05) is 26.2 Å². The van der Waals surface area contributed by atoms with E-state index in [0.717, 1.165) is 44.7 Å². The van der Waals surface area contributed by atoms with Crippen LogP contribution in [0.5, 0.6) is 0 Å². The molecular weight excluding hydrogens is 368 g/mol. The second-order valence-corrected chi connectivity index (χ2v) is 8.99. The van der Waals surface area contributed by atoms with Crippen LogP contribution in [0.25, 0.3) is 0 Å². The lowest BCUT2D eigenvalue weighted by Gasteiger charge is -2.41. The predicted octanol–water partition coefficient (Wildman–Crippen LogP) is 2.94. The minimum Gasteiger partial charge on any atom is -0.396 e. The zero-order chi connectivity index (χ0) is 20.0. The first kappa shape index (κ1) is 21.0. The van der Waals surface area contributed by atoms with Gasteiger partial charge in [-0.25, -0.2) is 0 Å². The van der Waals surface area contributed by atoms with E-state index in [1.165, 1.54) is 10.4 Å². The number of nitrogens with zero attached hydrogens (tertiary/aromatic N) is 2. The summed E-state index contributed by atoms with van der Waals surface area (Å²) in [5.74, 6) is 5.87. The molecule has 2 N–H and O–H groups in total. The van der Waals surface area contributed by atoms with Crippen molar-refractivity contribution in [1.29, 1.82) is 0 Å². The van der Waals surface area contributed by atoms with Crippen molar-refractivity contribution < 1.29 is 10.2 Å². The zero-order valence-electron chi connectivity index (χ0n) is 16.8. The molecule has 2 aromatic rings. The van der Waals surface area contributed by atoms with Crippen LogP contribution in [0, 0.1) is 11.8 Å². The maximum Gasteiger partial charge on any atom is 0.120 e. The second kappa shape index (κ2) is 9.69. The Bertz CT molecular complexity index is 785. The maximum absolute atomic E-state index is 9.72. The summed E-state index contributed by atoms with van der Waals surface area (Å²) in [6.45, 7) is 8.54. The number of benzene rings is 1. The van der Waals surface area contributed by atoms with Gasteiger partial charge in [0.1, 0.15) is 5.60 Å². The summed E-state index contributed by atoms with van der Waals surface area (Å²) in [6, 6.07) is 13.0. The van der Waals surface area contributed by atoms with E-state index in [1.54, 1.807) is 25.2 Å². The third kappa shape index (κ3) is 6.44. The SMILES string of the molecule is CC(C)(O)C#Cc1ccc(CN2CCN(Cc3cccs3)[C@H](CCO)C2)cc1. The monoisotopic (exact) mass is 398 g/mol. The molecule has 150 valence electrons. The van der Waals surface area contributed by atoms with E-state index in [1.807, 2.05) is 12.1 Å². The van der Waals surface area contributed by atoms with Gasteiger partial charge in [-0.3, -0.25) is 9.80 Å². The van der Waals surface area contributed by atoms with Crippen LogP contribution in [0.2, 0.25) is 0 Å². The molecule has 1 aromatic carbocycles. The lowest BCUT2D eigenvalue weighted by Crippen LogP contribution is -2.52. The number of hydrogen-bond acceptors (Lipinski definition) is 5. The Morgan fingerprint density at radius 2 is 1.93 bits per heavy atom. The van der Waals surface area contributed by atoms with Gasteiger partial charge in [0.25, 0.3) is 0 Å². The number of hydrogen-bond donors (Lipinski definition) is 2. The molecule has 0 spiro atoms. The molecular formula is C23H30N2O2S.